The Bertz CT molecular complexity index is 447. The summed E-state index contributed by atoms with van der Waals surface area (Å²) in [6.07, 6.45) is 3.58. The summed E-state index contributed by atoms with van der Waals surface area (Å²) in [5.74, 6) is 3.56. The molecule has 1 fully saturated rings. The summed E-state index contributed by atoms with van der Waals surface area (Å²) in [4.78, 5) is 7.39. The predicted molar refractivity (Wildman–Crippen MR) is 78.3 cm³/mol. The minimum absolute atomic E-state index is 0.570. The first kappa shape index (κ1) is 12.3. The summed E-state index contributed by atoms with van der Waals surface area (Å²) in [5.41, 5.74) is 9.90. The van der Waals surface area contributed by atoms with Crippen molar-refractivity contribution in [1.29, 1.82) is 0 Å². The van der Waals surface area contributed by atoms with Gasteiger partial charge in [-0.2, -0.15) is 11.8 Å². The lowest BCUT2D eigenvalue weighted by molar-refractivity contribution is 0.682. The zero-order chi connectivity index (χ0) is 12.5. The highest BCUT2D eigenvalue weighted by Gasteiger charge is 2.24. The molecule has 1 atom stereocenters. The topological polar surface area (TPSA) is 42.2 Å². The molecule has 1 unspecified atom stereocenters. The van der Waals surface area contributed by atoms with Crippen molar-refractivity contribution in [2.75, 3.05) is 23.0 Å². The van der Waals surface area contributed by atoms with E-state index in [2.05, 4.69) is 17.9 Å². The molecule has 0 spiro atoms. The highest BCUT2D eigenvalue weighted by atomic mass is 32.2. The Labute approximate surface area is 113 Å². The number of rotatable bonds is 2. The van der Waals surface area contributed by atoms with Gasteiger partial charge >= 0.3 is 0 Å². The van der Waals surface area contributed by atoms with Crippen LogP contribution in [0.1, 0.15) is 30.2 Å². The van der Waals surface area contributed by atoms with Crippen molar-refractivity contribution in [2.45, 2.75) is 38.8 Å². The number of thioether (sulfide) groups is 1. The predicted octanol–water partition coefficient (Wildman–Crippen LogP) is 1.97. The Morgan fingerprint density at radius 3 is 3.17 bits per heavy atom. The number of aryl methyl sites for hydroxylation is 2. The molecular weight excluding hydrogens is 242 g/mol. The van der Waals surface area contributed by atoms with Gasteiger partial charge in [0.25, 0.3) is 0 Å². The normalized spacial score (nSPS) is 23.2. The molecule has 1 saturated heterocycles. The first-order valence-electron chi connectivity index (χ1n) is 6.85. The standard InChI is InChI=1S/C14H21N3S/c1-10-9-18-6-5-17(10)14-12(8-15)7-11-3-2-4-13(11)16-14/h7,10H,2-6,8-9,15H2,1H3. The molecule has 2 aliphatic rings. The molecule has 1 aromatic rings. The molecule has 0 amide bonds. The van der Waals surface area contributed by atoms with E-state index in [0.717, 1.165) is 18.8 Å². The number of pyridine rings is 1. The van der Waals surface area contributed by atoms with Crippen molar-refractivity contribution < 1.29 is 0 Å². The fourth-order valence-electron chi connectivity index (χ4n) is 2.95. The van der Waals surface area contributed by atoms with Crippen molar-refractivity contribution in [3.8, 4) is 0 Å². The second-order valence-electron chi connectivity index (χ2n) is 5.25. The van der Waals surface area contributed by atoms with Gasteiger partial charge < -0.3 is 10.6 Å². The molecule has 3 nitrogen and oxygen atoms in total. The van der Waals surface area contributed by atoms with Gasteiger partial charge in [0, 0.05) is 41.9 Å². The lowest BCUT2D eigenvalue weighted by Crippen LogP contribution is -2.41. The van der Waals surface area contributed by atoms with E-state index in [9.17, 15) is 0 Å². The molecule has 1 aliphatic carbocycles. The first-order chi connectivity index (χ1) is 8.79. The number of aromatic nitrogens is 1. The Morgan fingerprint density at radius 2 is 2.39 bits per heavy atom. The van der Waals surface area contributed by atoms with Crippen molar-refractivity contribution in [2.24, 2.45) is 5.73 Å². The number of nitrogens with zero attached hydrogens (tertiary/aromatic N) is 2. The molecule has 1 aromatic heterocycles. The van der Waals surface area contributed by atoms with Crippen LogP contribution in [-0.2, 0) is 19.4 Å². The van der Waals surface area contributed by atoms with Crippen molar-refractivity contribution >= 4 is 17.6 Å². The Kier molecular flexibility index (Phi) is 3.48. The summed E-state index contributed by atoms with van der Waals surface area (Å²) in [6.45, 7) is 4.00. The Balaban J connectivity index is 1.99. The van der Waals surface area contributed by atoms with Crippen LogP contribution >= 0.6 is 11.8 Å². The average molecular weight is 263 g/mol. The molecule has 4 heteroatoms. The van der Waals surface area contributed by atoms with Crippen LogP contribution in [0.25, 0.3) is 0 Å². The zero-order valence-corrected chi connectivity index (χ0v) is 11.8. The van der Waals surface area contributed by atoms with E-state index in [1.165, 1.54) is 41.2 Å². The van der Waals surface area contributed by atoms with Crippen molar-refractivity contribution in [3.63, 3.8) is 0 Å². The van der Waals surface area contributed by atoms with E-state index >= 15 is 0 Å². The summed E-state index contributed by atoms with van der Waals surface area (Å²) < 4.78 is 0. The number of nitrogens with two attached hydrogens (primary N) is 1. The summed E-state index contributed by atoms with van der Waals surface area (Å²) >= 11 is 2.04. The quantitative estimate of drug-likeness (QED) is 0.886. The summed E-state index contributed by atoms with van der Waals surface area (Å²) in [6, 6.07) is 2.88. The van der Waals surface area contributed by atoms with E-state index in [0.29, 0.717) is 12.6 Å². The second kappa shape index (κ2) is 5.10. The lowest BCUT2D eigenvalue weighted by atomic mass is 10.1. The zero-order valence-electron chi connectivity index (χ0n) is 11.0. The van der Waals surface area contributed by atoms with Gasteiger partial charge in [-0.25, -0.2) is 4.98 Å². The van der Waals surface area contributed by atoms with Crippen LogP contribution in [-0.4, -0.2) is 29.1 Å². The van der Waals surface area contributed by atoms with E-state index in [4.69, 9.17) is 10.7 Å². The average Bonchev–Trinajstić information content (AvgIpc) is 2.85. The molecule has 0 aromatic carbocycles. The largest absolute Gasteiger partial charge is 0.352 e. The molecule has 18 heavy (non-hydrogen) atoms. The second-order valence-corrected chi connectivity index (χ2v) is 6.40. The van der Waals surface area contributed by atoms with Crippen molar-refractivity contribution in [1.82, 2.24) is 4.98 Å². The third kappa shape index (κ3) is 2.12. The van der Waals surface area contributed by atoms with Gasteiger partial charge in [0.2, 0.25) is 0 Å². The van der Waals surface area contributed by atoms with Crippen LogP contribution in [0.3, 0.4) is 0 Å². The summed E-state index contributed by atoms with van der Waals surface area (Å²) in [5, 5.41) is 0. The van der Waals surface area contributed by atoms with Gasteiger partial charge in [-0.3, -0.25) is 0 Å². The molecule has 2 heterocycles. The van der Waals surface area contributed by atoms with Gasteiger partial charge in [-0.15, -0.1) is 0 Å². The maximum Gasteiger partial charge on any atom is 0.133 e. The highest BCUT2D eigenvalue weighted by Crippen LogP contribution is 2.30. The van der Waals surface area contributed by atoms with E-state index in [1.54, 1.807) is 0 Å². The number of anilines is 1. The van der Waals surface area contributed by atoms with Crippen LogP contribution in [0.15, 0.2) is 6.07 Å². The maximum absolute atomic E-state index is 5.92. The molecule has 98 valence electrons. The van der Waals surface area contributed by atoms with Gasteiger partial charge in [0.15, 0.2) is 0 Å². The molecule has 0 radical (unpaired) electrons. The fourth-order valence-corrected chi connectivity index (χ4v) is 3.96. The van der Waals surface area contributed by atoms with Gasteiger partial charge in [0.05, 0.1) is 0 Å². The molecule has 1 aliphatic heterocycles. The number of fused-ring (bicyclic) bond motifs is 1. The number of hydrogen-bond donors (Lipinski definition) is 1. The van der Waals surface area contributed by atoms with Crippen LogP contribution in [0, 0.1) is 0 Å². The van der Waals surface area contributed by atoms with Crippen LogP contribution in [0.4, 0.5) is 5.82 Å². The SMILES string of the molecule is CC1CSCCN1c1nc2c(cc1CN)CCC2. The molecule has 3 rings (SSSR count). The molecule has 0 bridgehead atoms. The minimum Gasteiger partial charge on any atom is -0.352 e. The van der Waals surface area contributed by atoms with Gasteiger partial charge in [0.1, 0.15) is 5.82 Å². The van der Waals surface area contributed by atoms with E-state index < -0.39 is 0 Å². The smallest absolute Gasteiger partial charge is 0.133 e. The highest BCUT2D eigenvalue weighted by molar-refractivity contribution is 7.99. The minimum atomic E-state index is 0.570. The van der Waals surface area contributed by atoms with Crippen LogP contribution < -0.4 is 10.6 Å². The van der Waals surface area contributed by atoms with Crippen LogP contribution in [0.5, 0.6) is 0 Å². The maximum atomic E-state index is 5.92. The van der Waals surface area contributed by atoms with E-state index in [-0.39, 0.29) is 0 Å². The molecule has 2 N–H and O–H groups in total. The molecule has 0 saturated carbocycles. The first-order valence-corrected chi connectivity index (χ1v) is 8.01. The third-order valence-electron chi connectivity index (χ3n) is 3.97. The molecular formula is C14H21N3S. The number of hydrogen-bond acceptors (Lipinski definition) is 4. The fraction of sp³-hybridized carbons (Fsp3) is 0.643. The van der Waals surface area contributed by atoms with Crippen LogP contribution in [0.2, 0.25) is 0 Å². The van der Waals surface area contributed by atoms with Crippen molar-refractivity contribution in [3.05, 3.63) is 22.9 Å². The summed E-state index contributed by atoms with van der Waals surface area (Å²) in [7, 11) is 0. The third-order valence-corrected chi connectivity index (χ3v) is 5.16. The lowest BCUT2D eigenvalue weighted by Gasteiger charge is -2.35. The Morgan fingerprint density at radius 1 is 1.50 bits per heavy atom. The van der Waals surface area contributed by atoms with Gasteiger partial charge in [-0.1, -0.05) is 0 Å². The monoisotopic (exact) mass is 263 g/mol. The Hall–Kier alpha value is -0.740. The van der Waals surface area contributed by atoms with Gasteiger partial charge in [-0.05, 0) is 37.8 Å². The van der Waals surface area contributed by atoms with E-state index in [1.807, 2.05) is 11.8 Å².